The molecule has 94 valence electrons. The molecule has 0 amide bonds. The molecule has 3 nitrogen and oxygen atoms in total. The van der Waals surface area contributed by atoms with E-state index in [1.165, 1.54) is 12.1 Å². The lowest BCUT2D eigenvalue weighted by Crippen LogP contribution is -2.11. The molecule has 0 aliphatic heterocycles. The molecule has 2 rings (SSSR count). The van der Waals surface area contributed by atoms with Gasteiger partial charge in [-0.2, -0.15) is 0 Å². The van der Waals surface area contributed by atoms with Gasteiger partial charge in [0.2, 0.25) is 0 Å². The minimum atomic E-state index is -0.310. The number of rotatable bonds is 5. The van der Waals surface area contributed by atoms with Crippen molar-refractivity contribution >= 4 is 5.78 Å². The Balaban J connectivity index is 2.01. The van der Waals surface area contributed by atoms with E-state index in [0.29, 0.717) is 5.56 Å². The highest BCUT2D eigenvalue weighted by molar-refractivity contribution is 5.82. The fourth-order valence-electron chi connectivity index (χ4n) is 1.91. The molecule has 0 radical (unpaired) electrons. The summed E-state index contributed by atoms with van der Waals surface area (Å²) in [6.07, 6.45) is 4.07. The van der Waals surface area contributed by atoms with Crippen LogP contribution in [0.2, 0.25) is 0 Å². The lowest BCUT2D eigenvalue weighted by molar-refractivity contribution is -0.117. The first-order valence-electron chi connectivity index (χ1n) is 5.95. The summed E-state index contributed by atoms with van der Waals surface area (Å²) >= 11 is 0. The van der Waals surface area contributed by atoms with Crippen molar-refractivity contribution in [3.05, 3.63) is 53.9 Å². The summed E-state index contributed by atoms with van der Waals surface area (Å²) in [5, 5.41) is 0. The number of hydrogen-bond donors (Lipinski definition) is 0. The van der Waals surface area contributed by atoms with Crippen LogP contribution in [0.5, 0.6) is 0 Å². The maximum atomic E-state index is 13.0. The van der Waals surface area contributed by atoms with Crippen LogP contribution in [0.25, 0.3) is 0 Å². The molecular weight excluding hydrogens is 231 g/mol. The Kier molecular flexibility index (Phi) is 3.87. The molecule has 0 aliphatic carbocycles. The van der Waals surface area contributed by atoms with Crippen LogP contribution in [0.3, 0.4) is 0 Å². The van der Waals surface area contributed by atoms with E-state index in [-0.39, 0.29) is 24.4 Å². The average molecular weight is 246 g/mol. The van der Waals surface area contributed by atoms with E-state index in [1.807, 2.05) is 17.7 Å². The third kappa shape index (κ3) is 3.03. The van der Waals surface area contributed by atoms with Gasteiger partial charge in [0.1, 0.15) is 17.4 Å². The van der Waals surface area contributed by atoms with Crippen molar-refractivity contribution in [2.45, 2.75) is 26.3 Å². The van der Waals surface area contributed by atoms with Crippen LogP contribution in [0.1, 0.15) is 18.3 Å². The zero-order valence-electron chi connectivity index (χ0n) is 10.3. The number of ketones is 1. The zero-order chi connectivity index (χ0) is 13.0. The molecule has 18 heavy (non-hydrogen) atoms. The van der Waals surface area contributed by atoms with Crippen LogP contribution in [-0.2, 0) is 24.2 Å². The normalized spacial score (nSPS) is 10.6. The van der Waals surface area contributed by atoms with Gasteiger partial charge in [-0.05, 0) is 24.6 Å². The number of halogens is 1. The van der Waals surface area contributed by atoms with E-state index in [1.54, 1.807) is 18.3 Å². The Morgan fingerprint density at radius 2 is 2.22 bits per heavy atom. The second-order valence-corrected chi connectivity index (χ2v) is 4.15. The summed E-state index contributed by atoms with van der Waals surface area (Å²) in [5.41, 5.74) is 0.703. The van der Waals surface area contributed by atoms with Crippen molar-refractivity contribution in [2.24, 2.45) is 0 Å². The molecule has 0 bridgehead atoms. The summed E-state index contributed by atoms with van der Waals surface area (Å²) in [6.45, 7) is 2.80. The van der Waals surface area contributed by atoms with Gasteiger partial charge in [0, 0.05) is 25.4 Å². The molecule has 1 aromatic carbocycles. The Hall–Kier alpha value is -1.97. The number of nitrogens with zero attached hydrogens (tertiary/aromatic N) is 2. The van der Waals surface area contributed by atoms with Crippen molar-refractivity contribution < 1.29 is 9.18 Å². The van der Waals surface area contributed by atoms with Crippen LogP contribution in [0.15, 0.2) is 36.7 Å². The molecule has 0 aliphatic rings. The van der Waals surface area contributed by atoms with Gasteiger partial charge in [-0.25, -0.2) is 9.37 Å². The second kappa shape index (κ2) is 5.58. The minimum absolute atomic E-state index is 0.0431. The van der Waals surface area contributed by atoms with E-state index in [9.17, 15) is 9.18 Å². The highest BCUT2D eigenvalue weighted by atomic mass is 19.1. The third-order valence-corrected chi connectivity index (χ3v) is 2.79. The topological polar surface area (TPSA) is 34.9 Å². The van der Waals surface area contributed by atoms with E-state index >= 15 is 0 Å². The quantitative estimate of drug-likeness (QED) is 0.812. The smallest absolute Gasteiger partial charge is 0.144 e. The fraction of sp³-hybridized carbons (Fsp3) is 0.286. The first kappa shape index (κ1) is 12.5. The van der Waals surface area contributed by atoms with Crippen LogP contribution in [-0.4, -0.2) is 15.3 Å². The summed E-state index contributed by atoms with van der Waals surface area (Å²) in [4.78, 5) is 16.0. The van der Waals surface area contributed by atoms with Gasteiger partial charge >= 0.3 is 0 Å². The standard InChI is InChI=1S/C14H15FN2O/c1-2-17-7-6-16-14(17)10-13(18)9-11-4-3-5-12(15)8-11/h3-8H,2,9-10H2,1H3. The number of carbonyl (C=O) groups excluding carboxylic acids is 1. The second-order valence-electron chi connectivity index (χ2n) is 4.15. The van der Waals surface area contributed by atoms with Crippen molar-refractivity contribution in [1.82, 2.24) is 9.55 Å². The van der Waals surface area contributed by atoms with Crippen molar-refractivity contribution in [1.29, 1.82) is 0 Å². The van der Waals surface area contributed by atoms with Crippen molar-refractivity contribution in [2.75, 3.05) is 0 Å². The van der Waals surface area contributed by atoms with Gasteiger partial charge in [-0.15, -0.1) is 0 Å². The monoisotopic (exact) mass is 246 g/mol. The predicted molar refractivity (Wildman–Crippen MR) is 66.7 cm³/mol. The van der Waals surface area contributed by atoms with Gasteiger partial charge in [-0.1, -0.05) is 12.1 Å². The summed E-state index contributed by atoms with van der Waals surface area (Å²) in [5.74, 6) is 0.496. The van der Waals surface area contributed by atoms with Crippen molar-refractivity contribution in [3.8, 4) is 0 Å². The molecule has 0 atom stereocenters. The maximum Gasteiger partial charge on any atom is 0.144 e. The number of Topliss-reactive ketones (excluding diaryl/α,β-unsaturated/α-hetero) is 1. The molecule has 0 saturated carbocycles. The first-order chi connectivity index (χ1) is 8.69. The molecule has 0 unspecified atom stereocenters. The number of aromatic nitrogens is 2. The Morgan fingerprint density at radius 3 is 2.94 bits per heavy atom. The van der Waals surface area contributed by atoms with Gasteiger partial charge in [-0.3, -0.25) is 4.79 Å². The molecule has 0 fully saturated rings. The van der Waals surface area contributed by atoms with Gasteiger partial charge in [0.25, 0.3) is 0 Å². The van der Waals surface area contributed by atoms with Crippen LogP contribution < -0.4 is 0 Å². The highest BCUT2D eigenvalue weighted by Gasteiger charge is 2.09. The fourth-order valence-corrected chi connectivity index (χ4v) is 1.91. The summed E-state index contributed by atoms with van der Waals surface area (Å²) in [7, 11) is 0. The van der Waals surface area contributed by atoms with E-state index in [4.69, 9.17) is 0 Å². The molecule has 0 saturated heterocycles. The molecule has 0 spiro atoms. The molecular formula is C14H15FN2O. The largest absolute Gasteiger partial charge is 0.335 e. The molecule has 1 heterocycles. The van der Waals surface area contributed by atoms with Crippen molar-refractivity contribution in [3.63, 3.8) is 0 Å². The van der Waals surface area contributed by atoms with E-state index in [0.717, 1.165) is 12.4 Å². The SMILES string of the molecule is CCn1ccnc1CC(=O)Cc1cccc(F)c1. The Morgan fingerprint density at radius 1 is 1.39 bits per heavy atom. The average Bonchev–Trinajstić information content (AvgIpc) is 2.76. The van der Waals surface area contributed by atoms with Crippen LogP contribution in [0.4, 0.5) is 4.39 Å². The number of imidazole rings is 1. The van der Waals surface area contributed by atoms with E-state index < -0.39 is 0 Å². The van der Waals surface area contributed by atoms with Crippen LogP contribution >= 0.6 is 0 Å². The molecule has 1 aromatic heterocycles. The number of benzene rings is 1. The Labute approximate surface area is 105 Å². The van der Waals surface area contributed by atoms with E-state index in [2.05, 4.69) is 4.98 Å². The molecule has 2 aromatic rings. The van der Waals surface area contributed by atoms with Gasteiger partial charge in [0.05, 0.1) is 6.42 Å². The molecule has 4 heteroatoms. The summed E-state index contributed by atoms with van der Waals surface area (Å²) in [6, 6.07) is 6.14. The molecule has 0 N–H and O–H groups in total. The third-order valence-electron chi connectivity index (χ3n) is 2.79. The summed E-state index contributed by atoms with van der Waals surface area (Å²) < 4.78 is 14.9. The maximum absolute atomic E-state index is 13.0. The number of carbonyl (C=O) groups is 1. The lowest BCUT2D eigenvalue weighted by atomic mass is 10.1. The first-order valence-corrected chi connectivity index (χ1v) is 5.95. The number of hydrogen-bond acceptors (Lipinski definition) is 2. The van der Waals surface area contributed by atoms with Gasteiger partial charge < -0.3 is 4.57 Å². The highest BCUT2D eigenvalue weighted by Crippen LogP contribution is 2.07. The van der Waals surface area contributed by atoms with Gasteiger partial charge in [0.15, 0.2) is 0 Å². The Bertz CT molecular complexity index is 548. The predicted octanol–water partition coefficient (Wildman–Crippen LogP) is 2.40. The number of aryl methyl sites for hydroxylation is 1. The zero-order valence-corrected chi connectivity index (χ0v) is 10.3. The van der Waals surface area contributed by atoms with Crippen LogP contribution in [0, 0.1) is 5.82 Å². The minimum Gasteiger partial charge on any atom is -0.335 e. The lowest BCUT2D eigenvalue weighted by Gasteiger charge is -2.04.